The Hall–Kier alpha value is -4.12. The van der Waals surface area contributed by atoms with Crippen molar-refractivity contribution in [2.45, 2.75) is 50.7 Å². The Morgan fingerprint density at radius 3 is 2.42 bits per heavy atom. The number of aromatic nitrogens is 5. The molecule has 1 unspecified atom stereocenters. The molecule has 1 aliphatic carbocycles. The first-order valence-corrected chi connectivity index (χ1v) is 13.5. The first-order chi connectivity index (χ1) is 19.3. The smallest absolute Gasteiger partial charge is 0.324 e. The van der Waals surface area contributed by atoms with E-state index in [2.05, 4.69) is 30.3 Å². The van der Waals surface area contributed by atoms with E-state index in [0.717, 1.165) is 43.5 Å². The molecule has 2 aromatic carbocycles. The van der Waals surface area contributed by atoms with Crippen LogP contribution in [-0.2, 0) is 19.0 Å². The number of benzene rings is 2. The van der Waals surface area contributed by atoms with E-state index in [-0.39, 0.29) is 23.4 Å². The molecule has 0 saturated carbocycles. The molecule has 1 atom stereocenters. The van der Waals surface area contributed by atoms with Crippen LogP contribution in [0.25, 0.3) is 5.95 Å². The third-order valence-corrected chi connectivity index (χ3v) is 7.57. The number of hydrogen-bond acceptors (Lipinski definition) is 7. The zero-order valence-corrected chi connectivity index (χ0v) is 21.7. The summed E-state index contributed by atoms with van der Waals surface area (Å²) < 4.78 is 41.8. The van der Waals surface area contributed by atoms with Crippen LogP contribution in [-0.4, -0.2) is 54.5 Å². The second kappa shape index (κ2) is 10.8. The Balaban J connectivity index is 1.29. The number of nitrogens with zero attached hydrogens (tertiary/aromatic N) is 6. The minimum absolute atomic E-state index is 0.0313. The van der Waals surface area contributed by atoms with Crippen molar-refractivity contribution in [1.29, 1.82) is 0 Å². The summed E-state index contributed by atoms with van der Waals surface area (Å²) in [6.07, 6.45) is 3.09. The Kier molecular flexibility index (Phi) is 7.05. The van der Waals surface area contributed by atoms with Gasteiger partial charge >= 0.3 is 6.18 Å². The molecule has 1 fully saturated rings. The quantitative estimate of drug-likeness (QED) is 0.256. The van der Waals surface area contributed by atoms with Gasteiger partial charge < -0.3 is 10.2 Å². The molecule has 11 heteroatoms. The highest BCUT2D eigenvalue weighted by Gasteiger charge is 2.38. The van der Waals surface area contributed by atoms with Gasteiger partial charge in [-0.15, -0.1) is 5.10 Å². The van der Waals surface area contributed by atoms with Crippen molar-refractivity contribution in [2.75, 3.05) is 18.4 Å². The third kappa shape index (κ3) is 5.46. The number of likely N-dealkylation sites (tertiary alicyclic amines) is 1. The van der Waals surface area contributed by atoms with E-state index >= 15 is 0 Å². The molecule has 1 saturated heterocycles. The molecule has 40 heavy (non-hydrogen) atoms. The average molecular weight is 548 g/mol. The number of carbonyl (C=O) groups excluding carboxylic acids is 1. The molecule has 0 spiro atoms. The van der Waals surface area contributed by atoms with Crippen LogP contribution in [0, 0.1) is 0 Å². The summed E-state index contributed by atoms with van der Waals surface area (Å²) >= 11 is 0. The van der Waals surface area contributed by atoms with Crippen molar-refractivity contribution in [3.05, 3.63) is 89.0 Å². The number of alkyl halides is 3. The van der Waals surface area contributed by atoms with Gasteiger partial charge in [-0.25, -0.2) is 9.97 Å². The second-order valence-electron chi connectivity index (χ2n) is 10.2. The number of rotatable bonds is 6. The fraction of sp³-hybridized carbons (Fsp3) is 0.345. The van der Waals surface area contributed by atoms with Gasteiger partial charge in [0.05, 0.1) is 0 Å². The predicted molar refractivity (Wildman–Crippen MR) is 143 cm³/mol. The van der Waals surface area contributed by atoms with Crippen LogP contribution in [0.4, 0.5) is 24.8 Å². The number of hydrogen-bond donors (Lipinski definition) is 1. The van der Waals surface area contributed by atoms with E-state index in [1.807, 2.05) is 18.2 Å². The van der Waals surface area contributed by atoms with Gasteiger partial charge in [0.2, 0.25) is 11.7 Å². The summed E-state index contributed by atoms with van der Waals surface area (Å²) in [6, 6.07) is 16.3. The fourth-order valence-corrected chi connectivity index (χ4v) is 5.54. The molecule has 0 amide bonds. The van der Waals surface area contributed by atoms with E-state index in [9.17, 15) is 18.0 Å². The van der Waals surface area contributed by atoms with Crippen molar-refractivity contribution >= 4 is 17.4 Å². The lowest BCUT2D eigenvalue weighted by Crippen LogP contribution is -2.32. The molecule has 1 aliphatic heterocycles. The van der Waals surface area contributed by atoms with Crippen LogP contribution in [0.5, 0.6) is 0 Å². The SMILES string of the molecule is O=C(c1ccccc1)c1ccnc(-n2nc(C(F)(F)F)nc2Nc2ccc3c(c2)CCC(N2CCCC2)CC3)n1. The van der Waals surface area contributed by atoms with Crippen LogP contribution < -0.4 is 5.32 Å². The zero-order valence-electron chi connectivity index (χ0n) is 21.7. The van der Waals surface area contributed by atoms with Crippen molar-refractivity contribution < 1.29 is 18.0 Å². The van der Waals surface area contributed by atoms with E-state index in [4.69, 9.17) is 0 Å². The molecule has 8 nitrogen and oxygen atoms in total. The van der Waals surface area contributed by atoms with Crippen molar-refractivity contribution in [1.82, 2.24) is 29.6 Å². The third-order valence-electron chi connectivity index (χ3n) is 7.57. The lowest BCUT2D eigenvalue weighted by molar-refractivity contribution is -0.144. The van der Waals surface area contributed by atoms with Gasteiger partial charge in [0, 0.05) is 23.5 Å². The van der Waals surface area contributed by atoms with Gasteiger partial charge in [-0.3, -0.25) is 4.79 Å². The molecule has 2 aliphatic rings. The minimum atomic E-state index is -4.78. The molecule has 206 valence electrons. The largest absolute Gasteiger partial charge is 0.453 e. The van der Waals surface area contributed by atoms with E-state index in [0.29, 0.717) is 17.3 Å². The Morgan fingerprint density at radius 2 is 1.68 bits per heavy atom. The zero-order chi connectivity index (χ0) is 27.7. The maximum atomic E-state index is 13.6. The molecule has 2 aromatic heterocycles. The minimum Gasteiger partial charge on any atom is -0.324 e. The van der Waals surface area contributed by atoms with E-state index in [1.165, 1.54) is 36.2 Å². The average Bonchev–Trinajstić information content (AvgIpc) is 3.60. The Morgan fingerprint density at radius 1 is 0.925 bits per heavy atom. The van der Waals surface area contributed by atoms with E-state index in [1.54, 1.807) is 30.3 Å². The lowest BCUT2D eigenvalue weighted by atomic mass is 10.0. The molecule has 4 aromatic rings. The second-order valence-corrected chi connectivity index (χ2v) is 10.2. The van der Waals surface area contributed by atoms with Crippen LogP contribution in [0.15, 0.2) is 60.8 Å². The van der Waals surface area contributed by atoms with Crippen LogP contribution >= 0.6 is 0 Å². The number of aryl methyl sites for hydroxylation is 2. The summed E-state index contributed by atoms with van der Waals surface area (Å²) in [4.78, 5) is 27.5. The number of ketones is 1. The standard InChI is InChI=1S/C29H28F3N7O/c30-29(31,32)26-36-28(39(37-26)27-33-15-14-24(35-27)25(40)20-6-2-1-3-7-20)34-22-11-8-19-9-12-23(13-10-21(19)18-22)38-16-4-5-17-38/h1-3,6-8,11,14-15,18,23H,4-5,9-10,12-13,16-17H2,(H,34,36,37). The Labute approximate surface area is 229 Å². The molecule has 0 bridgehead atoms. The van der Waals surface area contributed by atoms with Gasteiger partial charge in [-0.1, -0.05) is 36.4 Å². The first kappa shape index (κ1) is 26.1. The van der Waals surface area contributed by atoms with Crippen molar-refractivity contribution in [3.8, 4) is 5.95 Å². The number of nitrogens with one attached hydrogen (secondary N) is 1. The van der Waals surface area contributed by atoms with Crippen LogP contribution in [0.3, 0.4) is 0 Å². The van der Waals surface area contributed by atoms with Crippen LogP contribution in [0.2, 0.25) is 0 Å². The van der Waals surface area contributed by atoms with Gasteiger partial charge in [0.15, 0.2) is 0 Å². The lowest BCUT2D eigenvalue weighted by Gasteiger charge is -2.25. The number of halogens is 3. The molecule has 0 radical (unpaired) electrons. The molecule has 6 rings (SSSR count). The van der Waals surface area contributed by atoms with Crippen molar-refractivity contribution in [3.63, 3.8) is 0 Å². The van der Waals surface area contributed by atoms with Gasteiger partial charge in [0.25, 0.3) is 11.8 Å². The highest BCUT2D eigenvalue weighted by molar-refractivity contribution is 6.07. The number of fused-ring (bicyclic) bond motifs is 1. The number of carbonyl (C=O) groups is 1. The monoisotopic (exact) mass is 547 g/mol. The summed E-state index contributed by atoms with van der Waals surface area (Å²) in [5.74, 6) is -2.11. The maximum Gasteiger partial charge on any atom is 0.453 e. The highest BCUT2D eigenvalue weighted by atomic mass is 19.4. The van der Waals surface area contributed by atoms with Crippen molar-refractivity contribution in [2.24, 2.45) is 0 Å². The highest BCUT2D eigenvalue weighted by Crippen LogP contribution is 2.31. The first-order valence-electron chi connectivity index (χ1n) is 13.5. The molecule has 3 heterocycles. The summed E-state index contributed by atoms with van der Waals surface area (Å²) in [5, 5.41) is 6.65. The molecular formula is C29H28F3N7O. The summed E-state index contributed by atoms with van der Waals surface area (Å²) in [6.45, 7) is 2.32. The summed E-state index contributed by atoms with van der Waals surface area (Å²) in [7, 11) is 0. The Bertz CT molecular complexity index is 1510. The fourth-order valence-electron chi connectivity index (χ4n) is 5.54. The van der Waals surface area contributed by atoms with Gasteiger partial charge in [-0.05, 0) is 80.9 Å². The molecular weight excluding hydrogens is 519 g/mol. The maximum absolute atomic E-state index is 13.6. The summed E-state index contributed by atoms with van der Waals surface area (Å²) in [5.41, 5.74) is 3.47. The van der Waals surface area contributed by atoms with E-state index < -0.39 is 12.0 Å². The van der Waals surface area contributed by atoms with Gasteiger partial charge in [0.1, 0.15) is 5.69 Å². The number of anilines is 2. The normalized spacial score (nSPS) is 17.8. The predicted octanol–water partition coefficient (Wildman–Crippen LogP) is 5.39. The topological polar surface area (TPSA) is 88.8 Å². The van der Waals surface area contributed by atoms with Crippen LogP contribution in [0.1, 0.15) is 58.7 Å². The van der Waals surface area contributed by atoms with Gasteiger partial charge in [-0.2, -0.15) is 22.8 Å². The molecule has 1 N–H and O–H groups in total.